The molecule has 3 rings (SSSR count). The minimum absolute atomic E-state index is 0.180. The van der Waals surface area contributed by atoms with Gasteiger partial charge in [0.25, 0.3) is 0 Å². The van der Waals surface area contributed by atoms with Crippen LogP contribution >= 0.6 is 23.2 Å². The van der Waals surface area contributed by atoms with Gasteiger partial charge in [-0.15, -0.1) is 0 Å². The summed E-state index contributed by atoms with van der Waals surface area (Å²) in [6, 6.07) is 8.13. The first-order valence-corrected chi connectivity index (χ1v) is 8.19. The van der Waals surface area contributed by atoms with Gasteiger partial charge < -0.3 is 20.7 Å². The Hall–Kier alpha value is -1.86. The van der Waals surface area contributed by atoms with Gasteiger partial charge in [0.2, 0.25) is 0 Å². The fourth-order valence-electron chi connectivity index (χ4n) is 2.35. The zero-order chi connectivity index (χ0) is 16.9. The Morgan fingerprint density at radius 2 is 2.08 bits per heavy atom. The summed E-state index contributed by atoms with van der Waals surface area (Å²) in [7, 11) is 0. The number of carbonyl (C=O) groups is 1. The van der Waals surface area contributed by atoms with Gasteiger partial charge in [0.05, 0.1) is 29.2 Å². The maximum atomic E-state index is 12.0. The Morgan fingerprint density at radius 3 is 2.79 bits per heavy atom. The highest BCUT2D eigenvalue weighted by atomic mass is 35.5. The van der Waals surface area contributed by atoms with Crippen LogP contribution in [-0.2, 0) is 4.74 Å². The molecule has 0 unspecified atom stereocenters. The van der Waals surface area contributed by atoms with E-state index in [4.69, 9.17) is 27.9 Å². The lowest BCUT2D eigenvalue weighted by Crippen LogP contribution is -2.33. The molecule has 1 aromatic heterocycles. The Bertz CT molecular complexity index is 736. The molecule has 2 amide bonds. The first-order chi connectivity index (χ1) is 11.6. The molecule has 1 saturated heterocycles. The van der Waals surface area contributed by atoms with E-state index in [2.05, 4.69) is 20.9 Å². The molecule has 6 nitrogen and oxygen atoms in total. The number of ether oxygens (including phenoxy) is 1. The third-order valence-electron chi connectivity index (χ3n) is 3.44. The van der Waals surface area contributed by atoms with Crippen LogP contribution in [-0.4, -0.2) is 30.7 Å². The molecule has 1 aliphatic rings. The molecule has 0 aliphatic carbocycles. The maximum Gasteiger partial charge on any atom is 0.323 e. The van der Waals surface area contributed by atoms with E-state index < -0.39 is 6.03 Å². The van der Waals surface area contributed by atoms with Gasteiger partial charge in [-0.1, -0.05) is 29.3 Å². The number of halogens is 2. The normalized spacial score (nSPS) is 17.3. The van der Waals surface area contributed by atoms with E-state index >= 15 is 0 Å². The minimum atomic E-state index is -0.404. The molecule has 0 spiro atoms. The molecule has 24 heavy (non-hydrogen) atoms. The number of hydrogen-bond acceptors (Lipinski definition) is 4. The smallest absolute Gasteiger partial charge is 0.323 e. The zero-order valence-electron chi connectivity index (χ0n) is 12.7. The summed E-state index contributed by atoms with van der Waals surface area (Å²) in [6.45, 7) is 2.09. The maximum absolute atomic E-state index is 12.0. The van der Waals surface area contributed by atoms with Gasteiger partial charge in [-0.25, -0.2) is 4.79 Å². The van der Waals surface area contributed by atoms with Crippen LogP contribution in [0.2, 0.25) is 10.0 Å². The predicted molar refractivity (Wildman–Crippen MR) is 94.9 cm³/mol. The molecule has 0 radical (unpaired) electrons. The van der Waals surface area contributed by atoms with Crippen molar-refractivity contribution in [2.75, 3.05) is 30.3 Å². The lowest BCUT2D eigenvalue weighted by molar-refractivity contribution is 0.0251. The van der Waals surface area contributed by atoms with Crippen LogP contribution in [0.25, 0.3) is 0 Å². The summed E-state index contributed by atoms with van der Waals surface area (Å²) >= 11 is 12.2. The first kappa shape index (κ1) is 17.0. The molecule has 2 aromatic rings. The van der Waals surface area contributed by atoms with Crippen molar-refractivity contribution < 1.29 is 9.53 Å². The number of benzene rings is 1. The fraction of sp³-hybridized carbons (Fsp3) is 0.250. The van der Waals surface area contributed by atoms with E-state index in [9.17, 15) is 4.79 Å². The minimum Gasteiger partial charge on any atom is -0.369 e. The predicted octanol–water partition coefficient (Wildman–Crippen LogP) is 3.69. The molecule has 1 aliphatic heterocycles. The second kappa shape index (κ2) is 7.81. The molecular weight excluding hydrogens is 351 g/mol. The van der Waals surface area contributed by atoms with E-state index in [-0.39, 0.29) is 6.10 Å². The van der Waals surface area contributed by atoms with Crippen molar-refractivity contribution in [1.29, 1.82) is 0 Å². The summed E-state index contributed by atoms with van der Waals surface area (Å²) in [4.78, 5) is 16.3. The van der Waals surface area contributed by atoms with E-state index in [1.54, 1.807) is 36.5 Å². The summed E-state index contributed by atoms with van der Waals surface area (Å²) in [5.74, 6) is 0. The molecule has 126 valence electrons. The number of pyridine rings is 1. The zero-order valence-corrected chi connectivity index (χ0v) is 14.2. The summed E-state index contributed by atoms with van der Waals surface area (Å²) in [5.41, 5.74) is 1.74. The topological polar surface area (TPSA) is 75.3 Å². The molecule has 3 N–H and O–H groups in total. The lowest BCUT2D eigenvalue weighted by Gasteiger charge is -2.24. The molecule has 0 saturated carbocycles. The van der Waals surface area contributed by atoms with Gasteiger partial charge in [-0.2, -0.15) is 0 Å². The highest BCUT2D eigenvalue weighted by Gasteiger charge is 2.20. The molecule has 2 heterocycles. The van der Waals surface area contributed by atoms with Crippen molar-refractivity contribution in [1.82, 2.24) is 10.3 Å². The number of morpholine rings is 1. The molecular formula is C16H16Cl2N4O2. The third-order valence-corrected chi connectivity index (χ3v) is 3.98. The summed E-state index contributed by atoms with van der Waals surface area (Å²) < 4.78 is 5.63. The monoisotopic (exact) mass is 366 g/mol. The second-order valence-electron chi connectivity index (χ2n) is 5.24. The van der Waals surface area contributed by atoms with Gasteiger partial charge in [0, 0.05) is 23.8 Å². The quantitative estimate of drug-likeness (QED) is 0.774. The van der Waals surface area contributed by atoms with Crippen molar-refractivity contribution in [3.05, 3.63) is 52.3 Å². The van der Waals surface area contributed by atoms with Crippen LogP contribution in [0.4, 0.5) is 16.2 Å². The molecule has 1 aromatic carbocycles. The largest absolute Gasteiger partial charge is 0.369 e. The average Bonchev–Trinajstić information content (AvgIpc) is 2.55. The lowest BCUT2D eigenvalue weighted by atomic mass is 10.2. The van der Waals surface area contributed by atoms with E-state index in [0.29, 0.717) is 40.3 Å². The van der Waals surface area contributed by atoms with E-state index in [1.807, 2.05) is 0 Å². The number of carbonyl (C=O) groups excluding carboxylic acids is 1. The van der Waals surface area contributed by atoms with Crippen molar-refractivity contribution >= 4 is 40.6 Å². The number of nitrogens with one attached hydrogen (secondary N) is 3. The van der Waals surface area contributed by atoms with Crippen LogP contribution in [0.5, 0.6) is 0 Å². The molecule has 1 fully saturated rings. The van der Waals surface area contributed by atoms with Gasteiger partial charge >= 0.3 is 6.03 Å². The Balaban J connectivity index is 1.64. The molecule has 8 heteroatoms. The van der Waals surface area contributed by atoms with Crippen molar-refractivity contribution in [2.45, 2.75) is 6.10 Å². The first-order valence-electron chi connectivity index (χ1n) is 7.43. The molecule has 0 bridgehead atoms. The summed E-state index contributed by atoms with van der Waals surface area (Å²) in [5, 5.41) is 9.59. The molecule has 1 atom stereocenters. The highest BCUT2D eigenvalue weighted by molar-refractivity contribution is 6.31. The standard InChI is InChI=1S/C16H16Cl2N4O2/c17-10-2-1-3-11(6-10)21-16(23)22-12-7-13(18)15(20-8-12)14-9-19-4-5-24-14/h1-3,6-8,14,19H,4-5,9H2,(H2,21,22,23)/t14-/m1/s1. The Morgan fingerprint density at radius 1 is 1.25 bits per heavy atom. The number of rotatable bonds is 3. The van der Waals surface area contributed by atoms with Gasteiger partial charge in [0.1, 0.15) is 6.10 Å². The van der Waals surface area contributed by atoms with Gasteiger partial charge in [-0.3, -0.25) is 4.98 Å². The van der Waals surface area contributed by atoms with E-state index in [1.165, 1.54) is 0 Å². The van der Waals surface area contributed by atoms with Crippen molar-refractivity contribution in [3.63, 3.8) is 0 Å². The van der Waals surface area contributed by atoms with E-state index in [0.717, 1.165) is 6.54 Å². The van der Waals surface area contributed by atoms with Crippen molar-refractivity contribution in [2.24, 2.45) is 0 Å². The number of anilines is 2. The summed E-state index contributed by atoms with van der Waals surface area (Å²) in [6.07, 6.45) is 1.37. The Labute approximate surface area is 149 Å². The highest BCUT2D eigenvalue weighted by Crippen LogP contribution is 2.27. The van der Waals surface area contributed by atoms with Crippen LogP contribution in [0, 0.1) is 0 Å². The van der Waals surface area contributed by atoms with Crippen LogP contribution < -0.4 is 16.0 Å². The third kappa shape index (κ3) is 4.36. The fourth-order valence-corrected chi connectivity index (χ4v) is 2.83. The Kier molecular flexibility index (Phi) is 5.52. The van der Waals surface area contributed by atoms with Crippen LogP contribution in [0.15, 0.2) is 36.5 Å². The van der Waals surface area contributed by atoms with Gasteiger partial charge in [-0.05, 0) is 24.3 Å². The number of hydrogen-bond donors (Lipinski definition) is 3. The number of amides is 2. The van der Waals surface area contributed by atoms with Crippen molar-refractivity contribution in [3.8, 4) is 0 Å². The number of aromatic nitrogens is 1. The van der Waals surface area contributed by atoms with Gasteiger partial charge in [0.15, 0.2) is 0 Å². The SMILES string of the molecule is O=C(Nc1cccc(Cl)c1)Nc1cnc([C@H]2CNCCO2)c(Cl)c1. The van der Waals surface area contributed by atoms with Crippen LogP contribution in [0.3, 0.4) is 0 Å². The number of urea groups is 1. The number of nitrogens with zero attached hydrogens (tertiary/aromatic N) is 1. The average molecular weight is 367 g/mol. The second-order valence-corrected chi connectivity index (χ2v) is 6.09. The van der Waals surface area contributed by atoms with Crippen LogP contribution in [0.1, 0.15) is 11.8 Å².